The fraction of sp³-hybridized carbons (Fsp3) is 0.625. The first kappa shape index (κ1) is 46.5. The molecule has 0 bridgehead atoms. The Morgan fingerprint density at radius 3 is 2.32 bits per heavy atom. The van der Waals surface area contributed by atoms with Crippen molar-refractivity contribution in [3.05, 3.63) is 36.3 Å². The van der Waals surface area contributed by atoms with Gasteiger partial charge in [-0.3, -0.25) is 19.1 Å². The molecule has 2 aliphatic carbocycles. The smallest absolute Gasteiger partial charge is 0.427 e. The number of sulfonamides is 1. The van der Waals surface area contributed by atoms with Gasteiger partial charge in [0.2, 0.25) is 33.3 Å². The van der Waals surface area contributed by atoms with Crippen molar-refractivity contribution in [2.24, 2.45) is 17.8 Å². The number of amides is 4. The van der Waals surface area contributed by atoms with Gasteiger partial charge >= 0.3 is 12.3 Å². The Hall–Kier alpha value is -5.02. The summed E-state index contributed by atoms with van der Waals surface area (Å²) in [6.07, 6.45) is -6.42. The summed E-state index contributed by atoms with van der Waals surface area (Å²) in [6, 6.07) is -0.690. The lowest BCUT2D eigenvalue weighted by atomic mass is 9.88. The van der Waals surface area contributed by atoms with Crippen LogP contribution in [-0.4, -0.2) is 110 Å². The number of hydrogen-bond acceptors (Lipinski definition) is 11. The highest BCUT2D eigenvalue weighted by Gasteiger charge is 2.66. The number of ether oxygens (including phenoxy) is 4. The molecule has 6 rings (SSSR count). The molecule has 1 aromatic heterocycles. The summed E-state index contributed by atoms with van der Waals surface area (Å²) in [5.41, 5.74) is -4.92. The molecule has 3 fully saturated rings. The van der Waals surface area contributed by atoms with Crippen molar-refractivity contribution in [3.63, 3.8) is 0 Å². The summed E-state index contributed by atoms with van der Waals surface area (Å²) in [4.78, 5) is 61.6. The van der Waals surface area contributed by atoms with E-state index in [1.165, 1.54) is 26.5 Å². The highest BCUT2D eigenvalue weighted by atomic mass is 32.2. The van der Waals surface area contributed by atoms with E-state index in [0.29, 0.717) is 32.1 Å². The number of alkyl halides is 5. The molecule has 1 saturated heterocycles. The number of hydrogen-bond donors (Lipinski definition) is 3. The maximum atomic E-state index is 15.1. The van der Waals surface area contributed by atoms with E-state index in [2.05, 4.69) is 15.6 Å². The first-order valence-corrected chi connectivity index (χ1v) is 21.5. The normalized spacial score (nSPS) is 28.4. The van der Waals surface area contributed by atoms with Crippen molar-refractivity contribution in [2.75, 3.05) is 20.8 Å². The van der Waals surface area contributed by atoms with Crippen molar-refractivity contribution in [1.29, 1.82) is 0 Å². The van der Waals surface area contributed by atoms with E-state index in [4.69, 9.17) is 18.9 Å². The number of halogens is 6. The number of fused-ring (bicyclic) bond motifs is 3. The van der Waals surface area contributed by atoms with E-state index in [0.717, 1.165) is 11.0 Å². The van der Waals surface area contributed by atoms with Crippen molar-refractivity contribution in [2.45, 2.75) is 119 Å². The number of allylic oxidation sites excluding steroid dienone is 1. The standard InChI is InChI=1S/C40H49F6N5O10S/c1-20-9-7-8-10-22-17-39(22,35(54)50-62(56,57)38(11-12-38)34(42)43)49-31(52)27-14-23(60-32-25-15-26(41)28(58-5)16-24(25)29(59-6)18-47-32)19-51(27)33(53)30(21(2)13-20)48-36(55)61-37(3,4)40(44,45)46/h8,10,15-16,18,20-23,27,30,34H,7,9,11-14,17,19H2,1-6H3,(H,48,55)(H,49,52)(H,50,54)/b10-8-/t20-,21-,22-,23-,27+,30+,39?/m1/s1. The second kappa shape index (κ2) is 16.9. The molecule has 15 nitrogen and oxygen atoms in total. The largest absolute Gasteiger partial charge is 0.494 e. The number of carbonyl (C=O) groups is 4. The third-order valence-corrected chi connectivity index (χ3v) is 14.3. The van der Waals surface area contributed by atoms with Crippen molar-refractivity contribution in [1.82, 2.24) is 25.2 Å². The lowest BCUT2D eigenvalue weighted by Crippen LogP contribution is -2.60. The number of nitrogens with zero attached hydrogens (tertiary/aromatic N) is 2. The zero-order valence-electron chi connectivity index (χ0n) is 34.7. The Bertz CT molecular complexity index is 2240. The fourth-order valence-corrected chi connectivity index (χ4v) is 9.57. The Morgan fingerprint density at radius 2 is 1.71 bits per heavy atom. The van der Waals surface area contributed by atoms with Gasteiger partial charge in [-0.15, -0.1) is 0 Å². The van der Waals surface area contributed by atoms with Gasteiger partial charge in [0.05, 0.1) is 32.3 Å². The van der Waals surface area contributed by atoms with Gasteiger partial charge in [-0.25, -0.2) is 31.4 Å². The molecule has 0 radical (unpaired) electrons. The lowest BCUT2D eigenvalue weighted by Gasteiger charge is -2.34. The molecule has 2 saturated carbocycles. The number of nitrogens with one attached hydrogen (secondary N) is 3. The maximum Gasteiger partial charge on any atom is 0.427 e. The molecule has 342 valence electrons. The molecule has 4 aliphatic rings. The number of benzene rings is 1. The van der Waals surface area contributed by atoms with Crippen LogP contribution in [0.3, 0.4) is 0 Å². The van der Waals surface area contributed by atoms with E-state index >= 15 is 4.39 Å². The van der Waals surface area contributed by atoms with Crippen LogP contribution in [-0.2, 0) is 29.1 Å². The minimum Gasteiger partial charge on any atom is -0.494 e. The van der Waals surface area contributed by atoms with Gasteiger partial charge in [-0.1, -0.05) is 26.0 Å². The molecule has 3 heterocycles. The Labute approximate surface area is 353 Å². The molecular weight excluding hydrogens is 857 g/mol. The molecular formula is C40H49F6N5O10S. The summed E-state index contributed by atoms with van der Waals surface area (Å²) >= 11 is 0. The van der Waals surface area contributed by atoms with Gasteiger partial charge in [0, 0.05) is 17.7 Å². The predicted octanol–water partition coefficient (Wildman–Crippen LogP) is 5.31. The Kier molecular flexibility index (Phi) is 12.7. The lowest BCUT2D eigenvalue weighted by molar-refractivity contribution is -0.244. The summed E-state index contributed by atoms with van der Waals surface area (Å²) in [5.74, 6) is -5.74. The van der Waals surface area contributed by atoms with Gasteiger partial charge < -0.3 is 34.5 Å². The van der Waals surface area contributed by atoms with Crippen LogP contribution in [0.25, 0.3) is 10.8 Å². The molecule has 3 N–H and O–H groups in total. The topological polar surface area (TPSA) is 192 Å². The number of pyridine rings is 1. The van der Waals surface area contributed by atoms with Crippen LogP contribution in [0.2, 0.25) is 0 Å². The summed E-state index contributed by atoms with van der Waals surface area (Å²) < 4.78 is 131. The average molecular weight is 906 g/mol. The zero-order valence-corrected chi connectivity index (χ0v) is 35.6. The monoisotopic (exact) mass is 905 g/mol. The minimum absolute atomic E-state index is 0.113. The van der Waals surface area contributed by atoms with Crippen LogP contribution in [0.4, 0.5) is 31.1 Å². The van der Waals surface area contributed by atoms with Gasteiger partial charge in [-0.2, -0.15) is 13.2 Å². The molecule has 7 atom stereocenters. The van der Waals surface area contributed by atoms with Gasteiger partial charge in [-0.05, 0) is 76.3 Å². The summed E-state index contributed by atoms with van der Waals surface area (Å²) in [7, 11) is -2.31. The van der Waals surface area contributed by atoms with Crippen LogP contribution in [0, 0.1) is 23.6 Å². The van der Waals surface area contributed by atoms with E-state index in [1.54, 1.807) is 23.8 Å². The molecule has 2 aromatic rings. The second-order valence-electron chi connectivity index (χ2n) is 17.1. The Balaban J connectivity index is 1.38. The second-order valence-corrected chi connectivity index (χ2v) is 19.1. The number of carbonyl (C=O) groups excluding carboxylic acids is 4. The predicted molar refractivity (Wildman–Crippen MR) is 208 cm³/mol. The number of methoxy groups -OCH3 is 2. The van der Waals surface area contributed by atoms with Crippen LogP contribution in [0.15, 0.2) is 30.5 Å². The first-order valence-electron chi connectivity index (χ1n) is 20.0. The molecule has 2 aliphatic heterocycles. The van der Waals surface area contributed by atoms with E-state index in [9.17, 15) is 49.5 Å². The SMILES string of the molecule is COc1cc2c(OC)cnc(O[C@@H]3C[C@H]4C(=O)NC5(C(=O)NS(=O)(=O)C6(C(F)F)CC6)C[C@H]5/C=C\CC[C@@H](C)C[C@@H](C)[C@H](NC(=O)OC(C)(C)C(F)(F)F)C(=O)N4C3)c2cc1F. The average Bonchev–Trinajstić information content (AvgIpc) is 4.09. The van der Waals surface area contributed by atoms with Crippen molar-refractivity contribution in [3.8, 4) is 17.4 Å². The van der Waals surface area contributed by atoms with Crippen LogP contribution >= 0.6 is 0 Å². The van der Waals surface area contributed by atoms with Crippen molar-refractivity contribution < 1.29 is 72.9 Å². The first-order chi connectivity index (χ1) is 28.9. The van der Waals surface area contributed by atoms with Crippen LogP contribution in [0.5, 0.6) is 17.4 Å². The molecule has 22 heteroatoms. The molecule has 62 heavy (non-hydrogen) atoms. The quantitative estimate of drug-likeness (QED) is 0.207. The van der Waals surface area contributed by atoms with Gasteiger partial charge in [0.25, 0.3) is 12.3 Å². The highest BCUT2D eigenvalue weighted by molar-refractivity contribution is 7.91. The maximum absolute atomic E-state index is 15.1. The third kappa shape index (κ3) is 8.92. The zero-order chi connectivity index (χ0) is 45.7. The van der Waals surface area contributed by atoms with E-state index in [1.807, 2.05) is 6.92 Å². The summed E-state index contributed by atoms with van der Waals surface area (Å²) in [6.45, 7) is 4.29. The number of alkyl carbamates (subject to hydrolysis) is 1. The molecule has 4 amide bonds. The summed E-state index contributed by atoms with van der Waals surface area (Å²) in [5, 5.41) is 5.31. The van der Waals surface area contributed by atoms with Crippen molar-refractivity contribution >= 4 is 44.6 Å². The number of aromatic nitrogens is 1. The molecule has 1 unspecified atom stereocenters. The fourth-order valence-electron chi connectivity index (χ4n) is 8.07. The highest BCUT2D eigenvalue weighted by Crippen LogP contribution is 2.50. The van der Waals surface area contributed by atoms with Gasteiger partial charge in [0.1, 0.15) is 29.5 Å². The van der Waals surface area contributed by atoms with Gasteiger partial charge in [0.15, 0.2) is 16.3 Å². The third-order valence-electron chi connectivity index (χ3n) is 12.2. The van der Waals surface area contributed by atoms with Crippen LogP contribution < -0.4 is 29.6 Å². The molecule has 0 spiro atoms. The Morgan fingerprint density at radius 1 is 1.03 bits per heavy atom. The van der Waals surface area contributed by atoms with Crippen LogP contribution in [0.1, 0.15) is 72.6 Å². The minimum atomic E-state index is -4.99. The number of rotatable bonds is 10. The molecule has 1 aromatic carbocycles. The van der Waals surface area contributed by atoms with E-state index in [-0.39, 0.29) is 60.8 Å². The van der Waals surface area contributed by atoms with E-state index < -0.39 is 105 Å².